The van der Waals surface area contributed by atoms with Gasteiger partial charge in [-0.3, -0.25) is 9.59 Å². The molecule has 2 aromatic carbocycles. The van der Waals surface area contributed by atoms with E-state index in [9.17, 15) is 9.59 Å². The highest BCUT2D eigenvalue weighted by Gasteiger charge is 2.16. The summed E-state index contributed by atoms with van der Waals surface area (Å²) in [4.78, 5) is 25.3. The highest BCUT2D eigenvalue weighted by molar-refractivity contribution is 6.06. The Bertz CT molecular complexity index is 1040. The minimum absolute atomic E-state index is 0.181. The predicted octanol–water partition coefficient (Wildman–Crippen LogP) is 3.35. The maximum atomic E-state index is 12.7. The molecule has 1 heterocycles. The van der Waals surface area contributed by atoms with Gasteiger partial charge in [0.05, 0.1) is 11.1 Å². The average molecular weight is 362 g/mol. The van der Waals surface area contributed by atoms with Gasteiger partial charge in [0, 0.05) is 11.9 Å². The van der Waals surface area contributed by atoms with E-state index >= 15 is 0 Å². The van der Waals surface area contributed by atoms with Gasteiger partial charge in [-0.2, -0.15) is 10.2 Å². The Balaban J connectivity index is 1.96. The second kappa shape index (κ2) is 8.40. The Hall–Kier alpha value is -3.28. The summed E-state index contributed by atoms with van der Waals surface area (Å²) in [6.45, 7) is 4.34. The molecule has 138 valence electrons. The second-order valence-electron chi connectivity index (χ2n) is 6.28. The minimum Gasteiger partial charge on any atom is -0.267 e. The van der Waals surface area contributed by atoms with Crippen LogP contribution in [-0.2, 0) is 6.54 Å². The summed E-state index contributed by atoms with van der Waals surface area (Å²) in [5.74, 6) is -0.438. The van der Waals surface area contributed by atoms with Crippen LogP contribution >= 0.6 is 0 Å². The average Bonchev–Trinajstić information content (AvgIpc) is 2.72. The molecule has 0 radical (unpaired) electrons. The van der Waals surface area contributed by atoms with Crippen molar-refractivity contribution >= 4 is 22.4 Å². The summed E-state index contributed by atoms with van der Waals surface area (Å²) in [5, 5.41) is 9.50. The Morgan fingerprint density at radius 1 is 1.07 bits per heavy atom. The number of hydrogen-bond acceptors (Lipinski definition) is 4. The van der Waals surface area contributed by atoms with Gasteiger partial charge < -0.3 is 0 Å². The van der Waals surface area contributed by atoms with Crippen LogP contribution in [0.4, 0.5) is 0 Å². The topological polar surface area (TPSA) is 76.3 Å². The van der Waals surface area contributed by atoms with Gasteiger partial charge in [-0.25, -0.2) is 10.1 Å². The number of fused-ring (bicyclic) bond motifs is 1. The molecule has 3 rings (SSSR count). The third kappa shape index (κ3) is 4.11. The fourth-order valence-electron chi connectivity index (χ4n) is 2.79. The quantitative estimate of drug-likeness (QED) is 0.540. The van der Waals surface area contributed by atoms with E-state index in [-0.39, 0.29) is 11.3 Å². The summed E-state index contributed by atoms with van der Waals surface area (Å²) < 4.78 is 1.37. The van der Waals surface area contributed by atoms with E-state index in [1.54, 1.807) is 24.3 Å². The zero-order valence-corrected chi connectivity index (χ0v) is 15.5. The molecule has 0 aliphatic heterocycles. The third-order valence-electron chi connectivity index (χ3n) is 4.32. The van der Waals surface area contributed by atoms with Gasteiger partial charge in [-0.1, -0.05) is 61.9 Å². The number of unbranched alkanes of at least 4 members (excludes halogenated alkanes) is 1. The van der Waals surface area contributed by atoms with Crippen molar-refractivity contribution in [2.24, 2.45) is 5.10 Å². The van der Waals surface area contributed by atoms with Gasteiger partial charge in [0.1, 0.15) is 0 Å². The van der Waals surface area contributed by atoms with Gasteiger partial charge >= 0.3 is 0 Å². The number of carbonyl (C=O) groups excluding carboxylic acids is 1. The fourth-order valence-corrected chi connectivity index (χ4v) is 2.79. The third-order valence-corrected chi connectivity index (χ3v) is 4.32. The maximum absolute atomic E-state index is 12.7. The number of carbonyl (C=O) groups is 1. The predicted molar refractivity (Wildman–Crippen MR) is 107 cm³/mol. The van der Waals surface area contributed by atoms with Crippen LogP contribution in [-0.4, -0.2) is 21.4 Å². The van der Waals surface area contributed by atoms with Crippen molar-refractivity contribution in [1.29, 1.82) is 0 Å². The molecular formula is C21H22N4O2. The fraction of sp³-hybridized carbons (Fsp3) is 0.238. The zero-order valence-electron chi connectivity index (χ0n) is 15.5. The highest BCUT2D eigenvalue weighted by Crippen LogP contribution is 2.13. The normalized spacial score (nSPS) is 11.6. The summed E-state index contributed by atoms with van der Waals surface area (Å²) in [6.07, 6.45) is 1.75. The van der Waals surface area contributed by atoms with Crippen LogP contribution in [0.5, 0.6) is 0 Å². The molecule has 0 bridgehead atoms. The van der Waals surface area contributed by atoms with Crippen LogP contribution < -0.4 is 11.0 Å². The molecule has 0 aliphatic rings. The van der Waals surface area contributed by atoms with Crippen molar-refractivity contribution in [2.45, 2.75) is 33.2 Å². The molecular weight excluding hydrogens is 340 g/mol. The minimum atomic E-state index is -0.438. The van der Waals surface area contributed by atoms with Crippen molar-refractivity contribution in [3.63, 3.8) is 0 Å². The van der Waals surface area contributed by atoms with E-state index in [1.165, 1.54) is 4.68 Å². The smallest absolute Gasteiger partial charge is 0.267 e. The van der Waals surface area contributed by atoms with Crippen LogP contribution in [0, 0.1) is 0 Å². The lowest BCUT2D eigenvalue weighted by molar-refractivity contribution is 0.0949. The number of benzene rings is 2. The van der Waals surface area contributed by atoms with Gasteiger partial charge in [-0.05, 0) is 25.0 Å². The molecule has 3 aromatic rings. The lowest BCUT2D eigenvalue weighted by Gasteiger charge is -2.10. The SMILES string of the molecule is CCCCn1nc(C(=O)N/N=C(/C)c2ccccc2)c2ccccc2c1=O. The van der Waals surface area contributed by atoms with E-state index in [4.69, 9.17) is 0 Å². The standard InChI is InChI=1S/C21H22N4O2/c1-3-4-14-25-21(27)18-13-9-8-12-17(18)19(24-25)20(26)23-22-15(2)16-10-6-5-7-11-16/h5-13H,3-4,14H2,1-2H3,(H,23,26)/b22-15-. The van der Waals surface area contributed by atoms with Crippen LogP contribution in [0.2, 0.25) is 0 Å². The molecule has 0 saturated carbocycles. The molecule has 0 spiro atoms. The Kier molecular flexibility index (Phi) is 5.76. The van der Waals surface area contributed by atoms with E-state index in [0.29, 0.717) is 23.0 Å². The first-order valence-corrected chi connectivity index (χ1v) is 9.01. The van der Waals surface area contributed by atoms with Gasteiger partial charge in [0.2, 0.25) is 0 Å². The van der Waals surface area contributed by atoms with E-state index in [1.807, 2.05) is 44.2 Å². The molecule has 0 atom stereocenters. The lowest BCUT2D eigenvalue weighted by atomic mass is 10.1. The van der Waals surface area contributed by atoms with Gasteiger partial charge in [0.25, 0.3) is 11.5 Å². The van der Waals surface area contributed by atoms with Crippen LogP contribution in [0.3, 0.4) is 0 Å². The Labute approximate surface area is 157 Å². The first-order chi connectivity index (χ1) is 13.1. The van der Waals surface area contributed by atoms with Crippen molar-refractivity contribution in [1.82, 2.24) is 15.2 Å². The Morgan fingerprint density at radius 2 is 1.74 bits per heavy atom. The number of aromatic nitrogens is 2. The lowest BCUT2D eigenvalue weighted by Crippen LogP contribution is -2.29. The zero-order chi connectivity index (χ0) is 19.2. The largest absolute Gasteiger partial charge is 0.292 e. The summed E-state index contributed by atoms with van der Waals surface area (Å²) in [6, 6.07) is 16.6. The van der Waals surface area contributed by atoms with Crippen LogP contribution in [0.15, 0.2) is 64.5 Å². The van der Waals surface area contributed by atoms with E-state index in [0.717, 1.165) is 18.4 Å². The maximum Gasteiger partial charge on any atom is 0.292 e. The number of hydrazone groups is 1. The van der Waals surface area contributed by atoms with Crippen LogP contribution in [0.1, 0.15) is 42.7 Å². The van der Waals surface area contributed by atoms with Crippen molar-refractivity contribution in [3.8, 4) is 0 Å². The first kappa shape index (κ1) is 18.5. The number of nitrogens with one attached hydrogen (secondary N) is 1. The number of amides is 1. The summed E-state index contributed by atoms with van der Waals surface area (Å²) >= 11 is 0. The number of rotatable bonds is 6. The van der Waals surface area contributed by atoms with E-state index < -0.39 is 5.91 Å². The van der Waals surface area contributed by atoms with Crippen LogP contribution in [0.25, 0.3) is 10.8 Å². The van der Waals surface area contributed by atoms with Crippen molar-refractivity contribution < 1.29 is 4.79 Å². The number of aryl methyl sites for hydroxylation is 1. The van der Waals surface area contributed by atoms with E-state index in [2.05, 4.69) is 15.6 Å². The van der Waals surface area contributed by atoms with Gasteiger partial charge in [0.15, 0.2) is 5.69 Å². The monoisotopic (exact) mass is 362 g/mol. The van der Waals surface area contributed by atoms with Gasteiger partial charge in [-0.15, -0.1) is 0 Å². The molecule has 0 unspecified atom stereocenters. The molecule has 0 saturated heterocycles. The molecule has 0 aliphatic carbocycles. The second-order valence-corrected chi connectivity index (χ2v) is 6.28. The number of nitrogens with zero attached hydrogens (tertiary/aromatic N) is 3. The molecule has 6 nitrogen and oxygen atoms in total. The molecule has 1 N–H and O–H groups in total. The molecule has 6 heteroatoms. The van der Waals surface area contributed by atoms with Crippen molar-refractivity contribution in [3.05, 3.63) is 76.2 Å². The summed E-state index contributed by atoms with van der Waals surface area (Å²) in [5.41, 5.74) is 4.19. The highest BCUT2D eigenvalue weighted by atomic mass is 16.2. The Morgan fingerprint density at radius 3 is 2.44 bits per heavy atom. The number of hydrogen-bond donors (Lipinski definition) is 1. The molecule has 27 heavy (non-hydrogen) atoms. The molecule has 1 amide bonds. The first-order valence-electron chi connectivity index (χ1n) is 9.01. The van der Waals surface area contributed by atoms with Crippen molar-refractivity contribution in [2.75, 3.05) is 0 Å². The summed E-state index contributed by atoms with van der Waals surface area (Å²) in [7, 11) is 0. The molecule has 1 aromatic heterocycles. The molecule has 0 fully saturated rings.